The normalized spacial score (nSPS) is 25.7. The number of primary amides is 1. The second-order valence-electron chi connectivity index (χ2n) is 11.1. The van der Waals surface area contributed by atoms with E-state index in [9.17, 15) is 4.79 Å². The zero-order chi connectivity index (χ0) is 24.5. The first kappa shape index (κ1) is 23.7. The molecule has 1 aliphatic carbocycles. The van der Waals surface area contributed by atoms with Gasteiger partial charge in [0.15, 0.2) is 11.5 Å². The second-order valence-corrected chi connectivity index (χ2v) is 11.1. The fourth-order valence-corrected chi connectivity index (χ4v) is 6.88. The summed E-state index contributed by atoms with van der Waals surface area (Å²) in [5.74, 6) is 2.02. The summed E-state index contributed by atoms with van der Waals surface area (Å²) in [5.41, 5.74) is 8.11. The number of benzene rings is 1. The van der Waals surface area contributed by atoms with Crippen molar-refractivity contribution in [2.45, 2.75) is 69.4 Å². The monoisotopic (exact) mass is 489 g/mol. The van der Waals surface area contributed by atoms with E-state index in [1.54, 1.807) is 6.20 Å². The van der Waals surface area contributed by atoms with Crippen LogP contribution in [0.5, 0.6) is 0 Å². The molecule has 3 saturated heterocycles. The highest BCUT2D eigenvalue weighted by atomic mass is 16.1. The standard InChI is InChI=1S/C28H39N7O/c29-27(36)26-28(33-25(17-31-26)35-16-12-21-9-13-30-24(21)18-35)32-22-7-5-19(6-8-22)20-10-14-34(15-11-20)23-3-1-2-4-23/h5-8,17,20-21,23-24,30H,1-4,9-16,18H2,(H2,29,36)(H,32,33)/t21-,24+/m1/s1. The summed E-state index contributed by atoms with van der Waals surface area (Å²) in [6.07, 6.45) is 12.1. The largest absolute Gasteiger partial charge is 0.364 e. The summed E-state index contributed by atoms with van der Waals surface area (Å²) in [5, 5.41) is 6.94. The zero-order valence-electron chi connectivity index (χ0n) is 21.2. The Morgan fingerprint density at radius 1 is 1.00 bits per heavy atom. The van der Waals surface area contributed by atoms with Gasteiger partial charge in [0.1, 0.15) is 5.82 Å². The Labute approximate surface area is 214 Å². The molecule has 4 N–H and O–H groups in total. The van der Waals surface area contributed by atoms with Gasteiger partial charge in [0, 0.05) is 30.9 Å². The number of amides is 1. The van der Waals surface area contributed by atoms with E-state index < -0.39 is 5.91 Å². The topological polar surface area (TPSA) is 99.4 Å². The highest BCUT2D eigenvalue weighted by Crippen LogP contribution is 2.33. The van der Waals surface area contributed by atoms with Gasteiger partial charge in [0.05, 0.1) is 6.20 Å². The van der Waals surface area contributed by atoms with Gasteiger partial charge in [0.25, 0.3) is 5.91 Å². The minimum absolute atomic E-state index is 0.177. The van der Waals surface area contributed by atoms with Gasteiger partial charge < -0.3 is 26.2 Å². The van der Waals surface area contributed by atoms with Crippen LogP contribution in [0, 0.1) is 5.92 Å². The summed E-state index contributed by atoms with van der Waals surface area (Å²) in [6.45, 7) is 5.41. The molecule has 0 bridgehead atoms. The summed E-state index contributed by atoms with van der Waals surface area (Å²) in [7, 11) is 0. The maximum Gasteiger partial charge on any atom is 0.271 e. The lowest BCUT2D eigenvalue weighted by Crippen LogP contribution is -2.46. The lowest BCUT2D eigenvalue weighted by atomic mass is 9.88. The van der Waals surface area contributed by atoms with E-state index in [-0.39, 0.29) is 5.69 Å². The molecule has 2 atom stereocenters. The quantitative estimate of drug-likeness (QED) is 0.570. The molecule has 4 aliphatic rings. The molecule has 4 heterocycles. The number of hydrogen-bond acceptors (Lipinski definition) is 7. The maximum absolute atomic E-state index is 12.1. The van der Waals surface area contributed by atoms with Crippen LogP contribution < -0.4 is 21.3 Å². The molecular formula is C28H39N7O. The van der Waals surface area contributed by atoms with E-state index >= 15 is 0 Å². The number of nitrogens with zero attached hydrogens (tertiary/aromatic N) is 4. The Bertz CT molecular complexity index is 1060. The molecule has 8 heteroatoms. The van der Waals surface area contributed by atoms with Crippen LogP contribution in [0.25, 0.3) is 0 Å². The first-order valence-corrected chi connectivity index (χ1v) is 13.9. The second kappa shape index (κ2) is 10.3. The number of likely N-dealkylation sites (tertiary alicyclic amines) is 1. The molecule has 4 fully saturated rings. The number of hydrogen-bond donors (Lipinski definition) is 3. The Balaban J connectivity index is 1.13. The Morgan fingerprint density at radius 3 is 2.53 bits per heavy atom. The Hall–Kier alpha value is -2.71. The van der Waals surface area contributed by atoms with Gasteiger partial charge in [-0.15, -0.1) is 0 Å². The van der Waals surface area contributed by atoms with Gasteiger partial charge in [-0.2, -0.15) is 0 Å². The SMILES string of the molecule is NC(=O)c1ncc(N2CC[C@H]3CCN[C@H]3C2)nc1Nc1ccc(C2CCN(C3CCCC3)CC2)cc1. The number of carbonyl (C=O) groups is 1. The lowest BCUT2D eigenvalue weighted by Gasteiger charge is -2.36. The molecule has 0 spiro atoms. The molecule has 36 heavy (non-hydrogen) atoms. The molecule has 192 valence electrons. The number of aromatic nitrogens is 2. The van der Waals surface area contributed by atoms with Crippen molar-refractivity contribution in [1.29, 1.82) is 0 Å². The molecule has 8 nitrogen and oxygen atoms in total. The fraction of sp³-hybridized carbons (Fsp3) is 0.607. The van der Waals surface area contributed by atoms with Gasteiger partial charge in [-0.1, -0.05) is 25.0 Å². The van der Waals surface area contributed by atoms with E-state index in [4.69, 9.17) is 10.7 Å². The lowest BCUT2D eigenvalue weighted by molar-refractivity contribution is 0.0996. The number of fused-ring (bicyclic) bond motifs is 1. The molecule has 0 unspecified atom stereocenters. The van der Waals surface area contributed by atoms with Gasteiger partial charge in [-0.25, -0.2) is 9.97 Å². The predicted molar refractivity (Wildman–Crippen MR) is 143 cm³/mol. The van der Waals surface area contributed by atoms with E-state index in [0.717, 1.165) is 49.5 Å². The third kappa shape index (κ3) is 4.93. The molecule has 0 radical (unpaired) electrons. The minimum Gasteiger partial charge on any atom is -0.364 e. The first-order valence-electron chi connectivity index (χ1n) is 13.9. The maximum atomic E-state index is 12.1. The van der Waals surface area contributed by atoms with Crippen molar-refractivity contribution in [1.82, 2.24) is 20.2 Å². The number of nitrogens with one attached hydrogen (secondary N) is 2. The number of rotatable bonds is 6. The number of anilines is 3. The highest BCUT2D eigenvalue weighted by molar-refractivity contribution is 5.96. The average Bonchev–Trinajstić information content (AvgIpc) is 3.61. The van der Waals surface area contributed by atoms with E-state index in [2.05, 4.69) is 49.7 Å². The minimum atomic E-state index is -0.571. The molecule has 1 amide bonds. The Kier molecular flexibility index (Phi) is 6.80. The molecule has 1 aromatic carbocycles. The van der Waals surface area contributed by atoms with Crippen LogP contribution in [0.1, 0.15) is 73.3 Å². The van der Waals surface area contributed by atoms with Crippen molar-refractivity contribution in [3.05, 3.63) is 41.7 Å². The fourth-order valence-electron chi connectivity index (χ4n) is 6.88. The predicted octanol–water partition coefficient (Wildman–Crippen LogP) is 3.63. The average molecular weight is 490 g/mol. The number of carbonyl (C=O) groups excluding carboxylic acids is 1. The van der Waals surface area contributed by atoms with Crippen LogP contribution in [0.2, 0.25) is 0 Å². The molecule has 6 rings (SSSR count). The van der Waals surface area contributed by atoms with Gasteiger partial charge in [0.2, 0.25) is 0 Å². The van der Waals surface area contributed by atoms with Crippen LogP contribution in [0.4, 0.5) is 17.3 Å². The van der Waals surface area contributed by atoms with E-state index in [1.807, 2.05) is 0 Å². The zero-order valence-corrected chi connectivity index (χ0v) is 21.2. The Morgan fingerprint density at radius 2 is 1.78 bits per heavy atom. The van der Waals surface area contributed by atoms with Crippen molar-refractivity contribution in [2.75, 3.05) is 42.9 Å². The number of nitrogens with two attached hydrogens (primary N) is 1. The smallest absolute Gasteiger partial charge is 0.271 e. The number of piperidine rings is 2. The van der Waals surface area contributed by atoms with Crippen LogP contribution in [0.15, 0.2) is 30.5 Å². The van der Waals surface area contributed by atoms with Crippen LogP contribution in [-0.4, -0.2) is 65.6 Å². The molecule has 1 saturated carbocycles. The van der Waals surface area contributed by atoms with Crippen molar-refractivity contribution < 1.29 is 4.79 Å². The van der Waals surface area contributed by atoms with E-state index in [1.165, 1.54) is 63.6 Å². The highest BCUT2D eigenvalue weighted by Gasteiger charge is 2.33. The first-order chi connectivity index (χ1) is 17.6. The third-order valence-electron chi connectivity index (χ3n) is 9.01. The molecule has 2 aromatic rings. The van der Waals surface area contributed by atoms with Crippen LogP contribution in [0.3, 0.4) is 0 Å². The van der Waals surface area contributed by atoms with Crippen molar-refractivity contribution >= 4 is 23.2 Å². The van der Waals surface area contributed by atoms with Gasteiger partial charge in [-0.3, -0.25) is 4.79 Å². The van der Waals surface area contributed by atoms with Crippen molar-refractivity contribution in [2.24, 2.45) is 11.7 Å². The molecular weight excluding hydrogens is 450 g/mol. The molecule has 1 aromatic heterocycles. The van der Waals surface area contributed by atoms with Crippen molar-refractivity contribution in [3.8, 4) is 0 Å². The van der Waals surface area contributed by atoms with Gasteiger partial charge >= 0.3 is 0 Å². The summed E-state index contributed by atoms with van der Waals surface area (Å²) in [6, 6.07) is 9.95. The van der Waals surface area contributed by atoms with Crippen LogP contribution >= 0.6 is 0 Å². The van der Waals surface area contributed by atoms with Crippen molar-refractivity contribution in [3.63, 3.8) is 0 Å². The summed E-state index contributed by atoms with van der Waals surface area (Å²) in [4.78, 5) is 26.3. The third-order valence-corrected chi connectivity index (χ3v) is 9.01. The van der Waals surface area contributed by atoms with Crippen LogP contribution in [-0.2, 0) is 0 Å². The summed E-state index contributed by atoms with van der Waals surface area (Å²) >= 11 is 0. The summed E-state index contributed by atoms with van der Waals surface area (Å²) < 4.78 is 0. The molecule has 3 aliphatic heterocycles. The van der Waals surface area contributed by atoms with Gasteiger partial charge in [-0.05, 0) is 87.7 Å². The van der Waals surface area contributed by atoms with E-state index in [0.29, 0.717) is 17.8 Å².